The van der Waals surface area contributed by atoms with Crippen molar-refractivity contribution in [2.24, 2.45) is 12.2 Å². The molecule has 116 valence electrons. The van der Waals surface area contributed by atoms with Crippen molar-refractivity contribution in [1.82, 2.24) is 25.2 Å². The second kappa shape index (κ2) is 6.65. The second-order valence-corrected chi connectivity index (χ2v) is 4.76. The summed E-state index contributed by atoms with van der Waals surface area (Å²) in [6.45, 7) is 0.201. The van der Waals surface area contributed by atoms with Crippen LogP contribution in [0.1, 0.15) is 17.1 Å². The maximum absolute atomic E-state index is 5.65. The van der Waals surface area contributed by atoms with Crippen molar-refractivity contribution in [2.45, 2.75) is 6.61 Å². The van der Waals surface area contributed by atoms with Crippen LogP contribution in [-0.4, -0.2) is 30.9 Å². The molecule has 0 fully saturated rings. The van der Waals surface area contributed by atoms with Gasteiger partial charge in [-0.05, 0) is 22.6 Å². The summed E-state index contributed by atoms with van der Waals surface area (Å²) in [4.78, 5) is 9.59. The first kappa shape index (κ1) is 14.6. The number of nitrogens with two attached hydrogens (primary N) is 1. The first-order valence-electron chi connectivity index (χ1n) is 6.93. The van der Waals surface area contributed by atoms with Crippen LogP contribution in [0.15, 0.2) is 53.7 Å². The molecule has 8 nitrogen and oxygen atoms in total. The van der Waals surface area contributed by atoms with Gasteiger partial charge in [0.25, 0.3) is 0 Å². The minimum atomic E-state index is 0.201. The minimum absolute atomic E-state index is 0.201. The fourth-order valence-corrected chi connectivity index (χ4v) is 1.99. The number of rotatable bonds is 5. The lowest BCUT2D eigenvalue weighted by atomic mass is 10.1. The van der Waals surface area contributed by atoms with Crippen molar-refractivity contribution in [3.05, 3.63) is 65.6 Å². The summed E-state index contributed by atoms with van der Waals surface area (Å²) in [5, 5.41) is 15.7. The lowest BCUT2D eigenvalue weighted by Gasteiger charge is -2.06. The number of benzene rings is 1. The number of aromatic nitrogens is 5. The minimum Gasteiger partial charge on any atom is -0.389 e. The van der Waals surface area contributed by atoms with Crippen molar-refractivity contribution >= 4 is 11.5 Å². The number of hydrogen-bond acceptors (Lipinski definition) is 7. The van der Waals surface area contributed by atoms with E-state index in [9.17, 15) is 0 Å². The van der Waals surface area contributed by atoms with E-state index < -0.39 is 0 Å². The van der Waals surface area contributed by atoms with E-state index in [1.54, 1.807) is 13.1 Å². The van der Waals surface area contributed by atoms with E-state index in [1.807, 2.05) is 42.5 Å². The Labute approximate surface area is 132 Å². The van der Waals surface area contributed by atoms with Gasteiger partial charge < -0.3 is 10.6 Å². The molecule has 3 aromatic rings. The first-order valence-corrected chi connectivity index (χ1v) is 6.93. The monoisotopic (exact) mass is 309 g/mol. The maximum atomic E-state index is 5.65. The number of anilines is 1. The number of hydrogen-bond donors (Lipinski definition) is 1. The molecule has 0 aliphatic rings. The quantitative estimate of drug-likeness (QED) is 0.560. The Morgan fingerprint density at radius 3 is 2.70 bits per heavy atom. The maximum Gasteiger partial charge on any atom is 0.204 e. The van der Waals surface area contributed by atoms with Crippen LogP contribution in [0.2, 0.25) is 0 Å². The van der Waals surface area contributed by atoms with Gasteiger partial charge in [-0.3, -0.25) is 0 Å². The van der Waals surface area contributed by atoms with E-state index in [0.29, 0.717) is 23.0 Å². The van der Waals surface area contributed by atoms with E-state index in [0.717, 1.165) is 5.56 Å². The Kier molecular flexibility index (Phi) is 4.23. The average molecular weight is 309 g/mol. The third-order valence-corrected chi connectivity index (χ3v) is 3.08. The summed E-state index contributed by atoms with van der Waals surface area (Å²) in [6.07, 6.45) is 0. The van der Waals surface area contributed by atoms with Gasteiger partial charge in [0, 0.05) is 12.6 Å². The zero-order valence-corrected chi connectivity index (χ0v) is 12.5. The van der Waals surface area contributed by atoms with Crippen LogP contribution < -0.4 is 5.73 Å². The van der Waals surface area contributed by atoms with Crippen LogP contribution in [0.5, 0.6) is 0 Å². The molecule has 0 bridgehead atoms. The highest BCUT2D eigenvalue weighted by molar-refractivity contribution is 6.10. The van der Waals surface area contributed by atoms with Crippen molar-refractivity contribution in [2.75, 3.05) is 5.73 Å². The summed E-state index contributed by atoms with van der Waals surface area (Å²) >= 11 is 0. The van der Waals surface area contributed by atoms with Crippen LogP contribution in [0, 0.1) is 0 Å². The fraction of sp³-hybridized carbons (Fsp3) is 0.133. The summed E-state index contributed by atoms with van der Waals surface area (Å²) in [7, 11) is 1.74. The van der Waals surface area contributed by atoms with Crippen LogP contribution in [0.3, 0.4) is 0 Å². The molecular weight excluding hydrogens is 294 g/mol. The molecule has 1 aromatic carbocycles. The van der Waals surface area contributed by atoms with Crippen LogP contribution in [0.25, 0.3) is 0 Å². The van der Waals surface area contributed by atoms with E-state index in [1.165, 1.54) is 4.68 Å². The van der Waals surface area contributed by atoms with Gasteiger partial charge in [-0.25, -0.2) is 9.67 Å². The Morgan fingerprint density at radius 2 is 2.00 bits per heavy atom. The zero-order chi connectivity index (χ0) is 16.1. The van der Waals surface area contributed by atoms with Crippen molar-refractivity contribution in [3.63, 3.8) is 0 Å². The van der Waals surface area contributed by atoms with Gasteiger partial charge in [-0.1, -0.05) is 41.6 Å². The van der Waals surface area contributed by atoms with E-state index >= 15 is 0 Å². The smallest absolute Gasteiger partial charge is 0.204 e. The van der Waals surface area contributed by atoms with Crippen molar-refractivity contribution in [3.8, 4) is 0 Å². The SMILES string of the molecule is Cn1nnnc1/C(=N/OCc1cccc(N)n1)c1ccccc1. The molecule has 2 aromatic heterocycles. The van der Waals surface area contributed by atoms with Gasteiger partial charge in [-0.15, -0.1) is 5.10 Å². The predicted molar refractivity (Wildman–Crippen MR) is 84.3 cm³/mol. The van der Waals surface area contributed by atoms with Crippen molar-refractivity contribution in [1.29, 1.82) is 0 Å². The standard InChI is InChI=1S/C15H15N7O/c1-22-15(18-20-21-22)14(11-6-3-2-4-7-11)19-23-10-12-8-5-9-13(16)17-12/h2-9H,10H2,1H3,(H2,16,17)/b19-14+. The van der Waals surface area contributed by atoms with Gasteiger partial charge >= 0.3 is 0 Å². The molecule has 0 spiro atoms. The molecule has 2 heterocycles. The number of aryl methyl sites for hydroxylation is 1. The molecule has 0 saturated carbocycles. The Hall–Kier alpha value is -3.29. The topological polar surface area (TPSA) is 104 Å². The van der Waals surface area contributed by atoms with E-state index in [2.05, 4.69) is 25.7 Å². The normalized spacial score (nSPS) is 11.4. The van der Waals surface area contributed by atoms with Crippen molar-refractivity contribution < 1.29 is 4.84 Å². The number of nitrogen functional groups attached to an aromatic ring is 1. The Bertz CT molecular complexity index is 813. The number of tetrazole rings is 1. The molecule has 8 heteroatoms. The molecular formula is C15H15N7O. The van der Waals surface area contributed by atoms with E-state index in [4.69, 9.17) is 10.6 Å². The molecule has 2 N–H and O–H groups in total. The molecule has 0 unspecified atom stereocenters. The summed E-state index contributed by atoms with van der Waals surface area (Å²) in [6, 6.07) is 14.9. The molecule has 0 aliphatic carbocycles. The highest BCUT2D eigenvalue weighted by atomic mass is 16.6. The highest BCUT2D eigenvalue weighted by Gasteiger charge is 2.14. The summed E-state index contributed by atoms with van der Waals surface area (Å²) < 4.78 is 1.54. The Morgan fingerprint density at radius 1 is 1.17 bits per heavy atom. The van der Waals surface area contributed by atoms with Gasteiger partial charge in [0.2, 0.25) is 5.82 Å². The van der Waals surface area contributed by atoms with Crippen LogP contribution >= 0.6 is 0 Å². The zero-order valence-electron chi connectivity index (χ0n) is 12.5. The third kappa shape index (κ3) is 3.49. The molecule has 0 amide bonds. The molecule has 23 heavy (non-hydrogen) atoms. The Balaban J connectivity index is 1.85. The summed E-state index contributed by atoms with van der Waals surface area (Å²) in [5.41, 5.74) is 7.73. The lowest BCUT2D eigenvalue weighted by Crippen LogP contribution is -2.12. The molecule has 0 aliphatic heterocycles. The van der Waals surface area contributed by atoms with Gasteiger partial charge in [0.15, 0.2) is 12.3 Å². The van der Waals surface area contributed by atoms with Gasteiger partial charge in [0.05, 0.1) is 5.69 Å². The fourth-order valence-electron chi connectivity index (χ4n) is 1.99. The van der Waals surface area contributed by atoms with Crippen LogP contribution in [0.4, 0.5) is 5.82 Å². The van der Waals surface area contributed by atoms with E-state index in [-0.39, 0.29) is 6.61 Å². The molecule has 3 rings (SSSR count). The second-order valence-electron chi connectivity index (χ2n) is 4.76. The molecule has 0 atom stereocenters. The van der Waals surface area contributed by atoms with Gasteiger partial charge in [-0.2, -0.15) is 0 Å². The largest absolute Gasteiger partial charge is 0.389 e. The number of oxime groups is 1. The number of nitrogens with zero attached hydrogens (tertiary/aromatic N) is 6. The lowest BCUT2D eigenvalue weighted by molar-refractivity contribution is 0.128. The first-order chi connectivity index (χ1) is 11.2. The predicted octanol–water partition coefficient (Wildman–Crippen LogP) is 1.16. The summed E-state index contributed by atoms with van der Waals surface area (Å²) in [5.74, 6) is 0.951. The number of pyridine rings is 1. The molecule has 0 saturated heterocycles. The highest BCUT2D eigenvalue weighted by Crippen LogP contribution is 2.09. The van der Waals surface area contributed by atoms with Crippen LogP contribution in [-0.2, 0) is 18.5 Å². The average Bonchev–Trinajstić information content (AvgIpc) is 2.98. The third-order valence-electron chi connectivity index (χ3n) is 3.08. The molecule has 0 radical (unpaired) electrons. The van der Waals surface area contributed by atoms with Gasteiger partial charge in [0.1, 0.15) is 5.82 Å².